The van der Waals surface area contributed by atoms with E-state index in [1.807, 2.05) is 68.4 Å². The predicted molar refractivity (Wildman–Crippen MR) is 107 cm³/mol. The van der Waals surface area contributed by atoms with Gasteiger partial charge in [-0.1, -0.05) is 29.0 Å². The first-order valence-corrected chi connectivity index (χ1v) is 9.12. The van der Waals surface area contributed by atoms with Crippen LogP contribution in [0, 0.1) is 13.8 Å². The molecule has 26 heavy (non-hydrogen) atoms. The van der Waals surface area contributed by atoms with Crippen molar-refractivity contribution in [1.82, 2.24) is 9.97 Å². The number of benzene rings is 2. The Morgan fingerprint density at radius 2 is 1.85 bits per heavy atom. The normalized spacial score (nSPS) is 10.8. The number of aryl methyl sites for hydroxylation is 2. The van der Waals surface area contributed by atoms with Gasteiger partial charge in [0.1, 0.15) is 15.4 Å². The molecule has 4 nitrogen and oxygen atoms in total. The fraction of sp³-hybridized carbons (Fsp3) is 0.0952. The average Bonchev–Trinajstić information content (AvgIpc) is 3.08. The second-order valence-corrected chi connectivity index (χ2v) is 7.17. The van der Waals surface area contributed by atoms with Gasteiger partial charge < -0.3 is 5.32 Å². The molecule has 0 unspecified atom stereocenters. The number of hydrogen-bond donors (Lipinski definition) is 1. The van der Waals surface area contributed by atoms with Gasteiger partial charge in [0, 0.05) is 23.0 Å². The van der Waals surface area contributed by atoms with Crippen molar-refractivity contribution < 1.29 is 4.79 Å². The highest BCUT2D eigenvalue weighted by Crippen LogP contribution is 2.31. The molecular weight excluding hydrogens is 342 g/mol. The molecule has 0 aliphatic rings. The molecule has 4 aromatic rings. The second-order valence-electron chi connectivity index (χ2n) is 6.20. The van der Waals surface area contributed by atoms with Gasteiger partial charge in [-0.25, -0.2) is 9.97 Å². The van der Waals surface area contributed by atoms with Crippen LogP contribution in [0.4, 0.5) is 5.69 Å². The molecule has 0 radical (unpaired) electrons. The van der Waals surface area contributed by atoms with Gasteiger partial charge >= 0.3 is 0 Å². The monoisotopic (exact) mass is 359 g/mol. The maximum absolute atomic E-state index is 12.4. The van der Waals surface area contributed by atoms with Crippen LogP contribution in [0.5, 0.6) is 0 Å². The summed E-state index contributed by atoms with van der Waals surface area (Å²) >= 11 is 1.57. The first-order chi connectivity index (χ1) is 12.6. The molecule has 2 aromatic carbocycles. The number of pyridine rings is 1. The molecule has 5 heteroatoms. The zero-order valence-electron chi connectivity index (χ0n) is 14.5. The zero-order valence-corrected chi connectivity index (χ0v) is 15.3. The Morgan fingerprint density at radius 3 is 2.58 bits per heavy atom. The summed E-state index contributed by atoms with van der Waals surface area (Å²) in [6.07, 6.45) is 1.78. The zero-order chi connectivity index (χ0) is 18.1. The summed E-state index contributed by atoms with van der Waals surface area (Å²) in [6.45, 7) is 3.99. The van der Waals surface area contributed by atoms with Gasteiger partial charge in [0.05, 0.1) is 0 Å². The van der Waals surface area contributed by atoms with Crippen molar-refractivity contribution in [3.8, 4) is 10.6 Å². The van der Waals surface area contributed by atoms with Crippen molar-refractivity contribution in [3.63, 3.8) is 0 Å². The van der Waals surface area contributed by atoms with Crippen molar-refractivity contribution in [2.75, 3.05) is 5.32 Å². The van der Waals surface area contributed by atoms with Crippen LogP contribution >= 0.6 is 11.3 Å². The summed E-state index contributed by atoms with van der Waals surface area (Å²) < 4.78 is 0. The highest BCUT2D eigenvalue weighted by Gasteiger charge is 2.11. The Balaban J connectivity index is 1.59. The number of fused-ring (bicyclic) bond motifs is 1. The van der Waals surface area contributed by atoms with Gasteiger partial charge in [0.15, 0.2) is 0 Å². The van der Waals surface area contributed by atoms with Crippen molar-refractivity contribution in [2.24, 2.45) is 0 Å². The molecule has 4 rings (SSSR count). The molecule has 0 bridgehead atoms. The number of hydrogen-bond acceptors (Lipinski definition) is 4. The van der Waals surface area contributed by atoms with E-state index in [2.05, 4.69) is 15.3 Å². The third-order valence-electron chi connectivity index (χ3n) is 4.20. The van der Waals surface area contributed by atoms with Gasteiger partial charge in [0.2, 0.25) is 0 Å². The van der Waals surface area contributed by atoms with Crippen molar-refractivity contribution in [2.45, 2.75) is 13.8 Å². The standard InChI is InChI=1S/C21H17N3OS/c1-13-5-7-15(8-6-13)19(25)23-17-10-9-16(12-14(17)2)20-24-18-4-3-11-22-21(18)26-20/h3-12H,1-2H3,(H,23,25). The van der Waals surface area contributed by atoms with Crippen molar-refractivity contribution >= 4 is 33.3 Å². The van der Waals surface area contributed by atoms with Gasteiger partial charge in [-0.3, -0.25) is 4.79 Å². The molecule has 2 aromatic heterocycles. The quantitative estimate of drug-likeness (QED) is 0.545. The van der Waals surface area contributed by atoms with Gasteiger partial charge in [-0.15, -0.1) is 0 Å². The van der Waals surface area contributed by atoms with E-state index in [1.54, 1.807) is 17.5 Å². The lowest BCUT2D eigenvalue weighted by Crippen LogP contribution is -2.12. The minimum absolute atomic E-state index is 0.106. The lowest BCUT2D eigenvalue weighted by Gasteiger charge is -2.10. The number of nitrogens with one attached hydrogen (secondary N) is 1. The van der Waals surface area contributed by atoms with Crippen molar-refractivity contribution in [1.29, 1.82) is 0 Å². The third kappa shape index (κ3) is 3.21. The molecule has 1 amide bonds. The Labute approximate surface area is 155 Å². The highest BCUT2D eigenvalue weighted by atomic mass is 32.1. The Bertz CT molecular complexity index is 1070. The van der Waals surface area contributed by atoms with Crippen LogP contribution in [0.2, 0.25) is 0 Å². The molecule has 0 saturated heterocycles. The van der Waals surface area contributed by atoms with Crippen LogP contribution in [0.3, 0.4) is 0 Å². The Morgan fingerprint density at radius 1 is 1.04 bits per heavy atom. The van der Waals surface area contributed by atoms with E-state index < -0.39 is 0 Å². The van der Waals surface area contributed by atoms with Crippen LogP contribution in [-0.2, 0) is 0 Å². The molecule has 0 fully saturated rings. The SMILES string of the molecule is Cc1ccc(C(=O)Nc2ccc(-c3nc4cccnc4s3)cc2C)cc1. The van der Waals surface area contributed by atoms with Crippen LogP contribution in [0.1, 0.15) is 21.5 Å². The third-order valence-corrected chi connectivity index (χ3v) is 5.23. The molecule has 0 aliphatic carbocycles. The molecule has 0 saturated carbocycles. The summed E-state index contributed by atoms with van der Waals surface area (Å²) in [4.78, 5) is 22.3. The predicted octanol–water partition coefficient (Wildman–Crippen LogP) is 5.23. The maximum atomic E-state index is 12.4. The van der Waals surface area contributed by atoms with Crippen LogP contribution in [0.25, 0.3) is 20.9 Å². The first-order valence-electron chi connectivity index (χ1n) is 8.31. The number of carbonyl (C=O) groups is 1. The minimum Gasteiger partial charge on any atom is -0.322 e. The summed E-state index contributed by atoms with van der Waals surface area (Å²) in [7, 11) is 0. The van der Waals surface area contributed by atoms with E-state index >= 15 is 0 Å². The lowest BCUT2D eigenvalue weighted by atomic mass is 10.1. The number of amides is 1. The summed E-state index contributed by atoms with van der Waals surface area (Å²) in [6, 6.07) is 17.4. The smallest absolute Gasteiger partial charge is 0.255 e. The van der Waals surface area contributed by atoms with Gasteiger partial charge in [0.25, 0.3) is 5.91 Å². The number of anilines is 1. The average molecular weight is 359 g/mol. The summed E-state index contributed by atoms with van der Waals surface area (Å²) in [5.74, 6) is -0.106. The molecular formula is C21H17N3OS. The number of rotatable bonds is 3. The van der Waals surface area contributed by atoms with E-state index in [4.69, 9.17) is 0 Å². The van der Waals surface area contributed by atoms with Crippen LogP contribution in [0.15, 0.2) is 60.8 Å². The van der Waals surface area contributed by atoms with E-state index in [9.17, 15) is 4.79 Å². The Hall–Kier alpha value is -3.05. The van der Waals surface area contributed by atoms with Crippen molar-refractivity contribution in [3.05, 3.63) is 77.5 Å². The fourth-order valence-electron chi connectivity index (χ4n) is 2.73. The number of carbonyl (C=O) groups excluding carboxylic acids is 1. The topological polar surface area (TPSA) is 54.9 Å². The summed E-state index contributed by atoms with van der Waals surface area (Å²) in [5.41, 5.74) is 5.51. The highest BCUT2D eigenvalue weighted by molar-refractivity contribution is 7.21. The largest absolute Gasteiger partial charge is 0.322 e. The minimum atomic E-state index is -0.106. The number of nitrogens with zero attached hydrogens (tertiary/aromatic N) is 2. The van der Waals surface area contributed by atoms with E-state index in [1.165, 1.54) is 0 Å². The maximum Gasteiger partial charge on any atom is 0.255 e. The molecule has 1 N–H and O–H groups in total. The molecule has 0 spiro atoms. The fourth-order valence-corrected chi connectivity index (χ4v) is 3.63. The molecule has 0 aliphatic heterocycles. The number of thiazole rings is 1. The van der Waals surface area contributed by atoms with E-state index in [0.29, 0.717) is 5.56 Å². The Kier molecular flexibility index (Phi) is 4.22. The molecule has 128 valence electrons. The van der Waals surface area contributed by atoms with E-state index in [-0.39, 0.29) is 5.91 Å². The van der Waals surface area contributed by atoms with E-state index in [0.717, 1.165) is 37.7 Å². The first kappa shape index (κ1) is 16.4. The lowest BCUT2D eigenvalue weighted by molar-refractivity contribution is 0.102. The summed E-state index contributed by atoms with van der Waals surface area (Å²) in [5, 5.41) is 3.91. The molecule has 0 atom stereocenters. The van der Waals surface area contributed by atoms with Gasteiger partial charge in [-0.2, -0.15) is 0 Å². The van der Waals surface area contributed by atoms with Gasteiger partial charge in [-0.05, 0) is 61.9 Å². The van der Waals surface area contributed by atoms with Crippen LogP contribution in [-0.4, -0.2) is 15.9 Å². The number of aromatic nitrogens is 2. The van der Waals surface area contributed by atoms with Crippen LogP contribution < -0.4 is 5.32 Å². The second kappa shape index (κ2) is 6.69. The molecule has 2 heterocycles.